The molecular weight excluding hydrogens is 220 g/mol. The van der Waals surface area contributed by atoms with Gasteiger partial charge < -0.3 is 25.2 Å². The molecule has 16 heavy (non-hydrogen) atoms. The molecule has 0 saturated carbocycles. The van der Waals surface area contributed by atoms with Crippen LogP contribution >= 0.6 is 0 Å². The fourth-order valence-corrected chi connectivity index (χ4v) is 0.683. The van der Waals surface area contributed by atoms with E-state index in [1.54, 1.807) is 0 Å². The third-order valence-electron chi connectivity index (χ3n) is 1.38. The molecule has 0 heterocycles. The molecule has 0 radical (unpaired) electrons. The Morgan fingerprint density at radius 3 is 2.50 bits per heavy atom. The van der Waals surface area contributed by atoms with Crippen molar-refractivity contribution in [2.75, 3.05) is 33.4 Å². The van der Waals surface area contributed by atoms with Crippen LogP contribution in [0.1, 0.15) is 0 Å². The fourth-order valence-electron chi connectivity index (χ4n) is 0.683. The monoisotopic (exact) mass is 234 g/mol. The van der Waals surface area contributed by atoms with Crippen molar-refractivity contribution < 1.29 is 29.0 Å². The van der Waals surface area contributed by atoms with Gasteiger partial charge in [0.15, 0.2) is 0 Å². The Morgan fingerprint density at radius 2 is 1.94 bits per heavy atom. The number of ether oxygens (including phenoxy) is 2. The average molecular weight is 234 g/mol. The van der Waals surface area contributed by atoms with E-state index in [4.69, 9.17) is 5.11 Å². The van der Waals surface area contributed by atoms with Crippen molar-refractivity contribution in [2.24, 2.45) is 0 Å². The quantitative estimate of drug-likeness (QED) is 0.367. The first-order valence-corrected chi connectivity index (χ1v) is 4.44. The third kappa shape index (κ3) is 8.75. The van der Waals surface area contributed by atoms with E-state index in [1.165, 1.54) is 7.11 Å². The van der Waals surface area contributed by atoms with Crippen LogP contribution in [-0.4, -0.2) is 56.5 Å². The summed E-state index contributed by atoms with van der Waals surface area (Å²) in [6, 6.07) is -0.552. The molecule has 0 aliphatic rings. The van der Waals surface area contributed by atoms with E-state index in [0.717, 1.165) is 0 Å². The number of aliphatic carboxylic acids is 1. The second-order valence-corrected chi connectivity index (χ2v) is 2.63. The van der Waals surface area contributed by atoms with E-state index in [-0.39, 0.29) is 19.7 Å². The van der Waals surface area contributed by atoms with Crippen molar-refractivity contribution >= 4 is 18.0 Å². The van der Waals surface area contributed by atoms with Crippen molar-refractivity contribution in [3.05, 3.63) is 0 Å². The zero-order valence-corrected chi connectivity index (χ0v) is 8.82. The van der Waals surface area contributed by atoms with Gasteiger partial charge in [-0.15, -0.1) is 0 Å². The summed E-state index contributed by atoms with van der Waals surface area (Å²) in [5.74, 6) is -1.63. The Morgan fingerprint density at radius 1 is 1.25 bits per heavy atom. The molecule has 0 fully saturated rings. The Hall–Kier alpha value is -1.83. The molecule has 0 atom stereocenters. The number of nitrogens with one attached hydrogen (secondary N) is 2. The number of esters is 1. The predicted octanol–water partition coefficient (Wildman–Crippen LogP) is -1.44. The molecule has 2 amide bonds. The van der Waals surface area contributed by atoms with Gasteiger partial charge >= 0.3 is 18.0 Å². The van der Waals surface area contributed by atoms with Crippen molar-refractivity contribution in [3.8, 4) is 0 Å². The topological polar surface area (TPSA) is 114 Å². The van der Waals surface area contributed by atoms with Gasteiger partial charge in [0.2, 0.25) is 0 Å². The number of hydrogen-bond acceptors (Lipinski definition) is 5. The number of carbonyl (C=O) groups is 3. The minimum absolute atomic E-state index is 0.0813. The summed E-state index contributed by atoms with van der Waals surface area (Å²) in [6.45, 7) is -0.401. The van der Waals surface area contributed by atoms with Crippen LogP contribution in [0.4, 0.5) is 4.79 Å². The second kappa shape index (κ2) is 8.48. The first-order valence-electron chi connectivity index (χ1n) is 4.44. The number of carboxylic acids is 1. The van der Waals surface area contributed by atoms with Gasteiger partial charge in [0.25, 0.3) is 0 Å². The highest BCUT2D eigenvalue weighted by Gasteiger charge is 2.03. The van der Waals surface area contributed by atoms with Crippen LogP contribution in [0.15, 0.2) is 0 Å². The van der Waals surface area contributed by atoms with Gasteiger partial charge in [0.05, 0.1) is 13.7 Å². The lowest BCUT2D eigenvalue weighted by Gasteiger charge is -2.06. The SMILES string of the molecule is COC(=O)CNC(=O)NCCOCC(=O)O. The van der Waals surface area contributed by atoms with Crippen molar-refractivity contribution in [2.45, 2.75) is 0 Å². The zero-order chi connectivity index (χ0) is 12.4. The molecule has 8 heteroatoms. The van der Waals surface area contributed by atoms with Crippen LogP contribution in [0.2, 0.25) is 0 Å². The number of carboxylic acid groups (broad SMARTS) is 1. The largest absolute Gasteiger partial charge is 0.480 e. The molecular formula is C8H14N2O6. The molecule has 0 aromatic heterocycles. The molecule has 8 nitrogen and oxygen atoms in total. The summed E-state index contributed by atoms with van der Waals surface area (Å²) in [4.78, 5) is 31.6. The second-order valence-electron chi connectivity index (χ2n) is 2.63. The maximum atomic E-state index is 11.0. The molecule has 0 bridgehead atoms. The van der Waals surface area contributed by atoms with Crippen LogP contribution in [0.5, 0.6) is 0 Å². The lowest BCUT2D eigenvalue weighted by atomic mass is 10.6. The van der Waals surface area contributed by atoms with Crippen LogP contribution in [0, 0.1) is 0 Å². The number of rotatable bonds is 7. The minimum Gasteiger partial charge on any atom is -0.480 e. The van der Waals surface area contributed by atoms with E-state index in [0.29, 0.717) is 0 Å². The molecule has 0 aromatic rings. The Kier molecular flexibility index (Phi) is 7.51. The molecule has 0 spiro atoms. The van der Waals surface area contributed by atoms with E-state index in [2.05, 4.69) is 20.1 Å². The standard InChI is InChI=1S/C8H14N2O6/c1-15-7(13)4-10-8(14)9-2-3-16-5-6(11)12/h2-5H2,1H3,(H,11,12)(H2,9,10,14). The van der Waals surface area contributed by atoms with Gasteiger partial charge in [0, 0.05) is 6.54 Å². The maximum Gasteiger partial charge on any atom is 0.329 e. The fraction of sp³-hybridized carbons (Fsp3) is 0.625. The highest BCUT2D eigenvalue weighted by Crippen LogP contribution is 1.75. The van der Waals surface area contributed by atoms with Gasteiger partial charge in [0.1, 0.15) is 13.2 Å². The number of hydrogen-bond donors (Lipinski definition) is 3. The summed E-state index contributed by atoms with van der Waals surface area (Å²) in [7, 11) is 1.21. The Labute approximate surface area is 91.9 Å². The molecule has 3 N–H and O–H groups in total. The third-order valence-corrected chi connectivity index (χ3v) is 1.38. The average Bonchev–Trinajstić information content (AvgIpc) is 2.24. The maximum absolute atomic E-state index is 11.0. The summed E-state index contributed by atoms with van der Waals surface area (Å²) < 4.78 is 8.96. The molecule has 0 aliphatic carbocycles. The normalized spacial score (nSPS) is 9.31. The lowest BCUT2D eigenvalue weighted by Crippen LogP contribution is -2.40. The number of amides is 2. The Bertz CT molecular complexity index is 255. The van der Waals surface area contributed by atoms with Crippen LogP contribution < -0.4 is 10.6 Å². The number of methoxy groups -OCH3 is 1. The highest BCUT2D eigenvalue weighted by atomic mass is 16.5. The molecule has 0 unspecified atom stereocenters. The first kappa shape index (κ1) is 14.2. The van der Waals surface area contributed by atoms with Crippen molar-refractivity contribution in [3.63, 3.8) is 0 Å². The van der Waals surface area contributed by atoms with Crippen LogP contribution in [0.25, 0.3) is 0 Å². The van der Waals surface area contributed by atoms with E-state index < -0.39 is 24.6 Å². The smallest absolute Gasteiger partial charge is 0.329 e. The van der Waals surface area contributed by atoms with Gasteiger partial charge in [-0.1, -0.05) is 0 Å². The molecule has 0 saturated heterocycles. The van der Waals surface area contributed by atoms with E-state index in [9.17, 15) is 14.4 Å². The van der Waals surface area contributed by atoms with Crippen molar-refractivity contribution in [1.82, 2.24) is 10.6 Å². The van der Waals surface area contributed by atoms with Crippen LogP contribution in [0.3, 0.4) is 0 Å². The minimum atomic E-state index is -1.07. The van der Waals surface area contributed by atoms with Gasteiger partial charge in [-0.2, -0.15) is 0 Å². The molecule has 0 aromatic carbocycles. The zero-order valence-electron chi connectivity index (χ0n) is 8.82. The molecule has 0 aliphatic heterocycles. The summed E-state index contributed by atoms with van der Waals surface area (Å²) in [5, 5.41) is 12.8. The predicted molar refractivity (Wildman–Crippen MR) is 51.9 cm³/mol. The number of urea groups is 1. The van der Waals surface area contributed by atoms with Gasteiger partial charge in [-0.25, -0.2) is 9.59 Å². The van der Waals surface area contributed by atoms with E-state index in [1.807, 2.05) is 0 Å². The summed E-state index contributed by atoms with van der Waals surface area (Å²) >= 11 is 0. The van der Waals surface area contributed by atoms with Gasteiger partial charge in [-0.05, 0) is 0 Å². The molecule has 0 rings (SSSR count). The Balaban J connectivity index is 3.37. The van der Waals surface area contributed by atoms with E-state index >= 15 is 0 Å². The number of carbonyl (C=O) groups excluding carboxylic acids is 2. The lowest BCUT2D eigenvalue weighted by molar-refractivity contribution is -0.142. The van der Waals surface area contributed by atoms with Gasteiger partial charge in [-0.3, -0.25) is 4.79 Å². The summed E-state index contributed by atoms with van der Waals surface area (Å²) in [5.41, 5.74) is 0. The molecule has 92 valence electrons. The first-order chi connectivity index (χ1) is 7.56. The van der Waals surface area contributed by atoms with Crippen LogP contribution in [-0.2, 0) is 19.1 Å². The summed E-state index contributed by atoms with van der Waals surface area (Å²) in [6.07, 6.45) is 0. The highest BCUT2D eigenvalue weighted by molar-refractivity contribution is 5.80. The van der Waals surface area contributed by atoms with Crippen molar-refractivity contribution in [1.29, 1.82) is 0 Å².